The number of primary sulfonamides is 1. The lowest BCUT2D eigenvalue weighted by atomic mass is 10.1. The smallest absolute Gasteiger partial charge is 0.287 e. The zero-order valence-corrected chi connectivity index (χ0v) is 15.6. The van der Waals surface area contributed by atoms with Crippen LogP contribution in [0.4, 0.5) is 0 Å². The Hall–Kier alpha value is -2.16. The van der Waals surface area contributed by atoms with Crippen LogP contribution in [0, 0.1) is 0 Å². The number of amides is 1. The van der Waals surface area contributed by atoms with Crippen LogP contribution < -0.4 is 10.5 Å². The van der Waals surface area contributed by atoms with Gasteiger partial charge in [-0.15, -0.1) is 0 Å². The van der Waals surface area contributed by atoms with Gasteiger partial charge < -0.3 is 9.73 Å². The number of nitrogens with two attached hydrogens (primary N) is 1. The van der Waals surface area contributed by atoms with E-state index in [1.165, 1.54) is 12.1 Å². The molecular formula is C17H15BrN2O4S. The van der Waals surface area contributed by atoms with Crippen molar-refractivity contribution < 1.29 is 17.6 Å². The third-order valence-corrected chi connectivity index (χ3v) is 5.33. The fourth-order valence-electron chi connectivity index (χ4n) is 2.44. The molecule has 130 valence electrons. The van der Waals surface area contributed by atoms with Gasteiger partial charge in [-0.1, -0.05) is 24.3 Å². The van der Waals surface area contributed by atoms with Gasteiger partial charge in [-0.3, -0.25) is 4.79 Å². The third kappa shape index (κ3) is 3.76. The van der Waals surface area contributed by atoms with Gasteiger partial charge in [0.2, 0.25) is 10.0 Å². The molecule has 8 heteroatoms. The van der Waals surface area contributed by atoms with E-state index in [1.54, 1.807) is 25.1 Å². The molecule has 0 saturated carbocycles. The first-order chi connectivity index (χ1) is 11.8. The Kier molecular flexibility index (Phi) is 4.68. The molecule has 1 aromatic heterocycles. The number of benzene rings is 2. The highest BCUT2D eigenvalue weighted by Crippen LogP contribution is 2.27. The Labute approximate surface area is 153 Å². The van der Waals surface area contributed by atoms with Crippen LogP contribution >= 0.6 is 15.9 Å². The fourth-order valence-corrected chi connectivity index (χ4v) is 3.41. The van der Waals surface area contributed by atoms with Crippen LogP contribution in [-0.2, 0) is 10.0 Å². The Morgan fingerprint density at radius 3 is 2.48 bits per heavy atom. The molecule has 0 fully saturated rings. The van der Waals surface area contributed by atoms with Gasteiger partial charge in [0.1, 0.15) is 5.58 Å². The first-order valence-corrected chi connectivity index (χ1v) is 9.71. The second-order valence-electron chi connectivity index (χ2n) is 5.58. The fraction of sp³-hybridized carbons (Fsp3) is 0.118. The van der Waals surface area contributed by atoms with Gasteiger partial charge in [-0.2, -0.15) is 0 Å². The molecular weight excluding hydrogens is 408 g/mol. The van der Waals surface area contributed by atoms with Crippen LogP contribution in [0.5, 0.6) is 0 Å². The van der Waals surface area contributed by atoms with Gasteiger partial charge in [0, 0.05) is 5.39 Å². The van der Waals surface area contributed by atoms with E-state index in [4.69, 9.17) is 9.56 Å². The van der Waals surface area contributed by atoms with E-state index in [0.29, 0.717) is 5.58 Å². The molecule has 0 radical (unpaired) electrons. The van der Waals surface area contributed by atoms with Crippen molar-refractivity contribution in [3.63, 3.8) is 0 Å². The highest BCUT2D eigenvalue weighted by molar-refractivity contribution is 9.10. The number of carbonyl (C=O) groups excluding carboxylic acids is 1. The predicted octanol–water partition coefficient (Wildman–Crippen LogP) is 3.33. The summed E-state index contributed by atoms with van der Waals surface area (Å²) in [6.07, 6.45) is 0. The van der Waals surface area contributed by atoms with E-state index in [2.05, 4.69) is 21.2 Å². The van der Waals surface area contributed by atoms with Crippen molar-refractivity contribution in [3.8, 4) is 0 Å². The lowest BCUT2D eigenvalue weighted by molar-refractivity contribution is 0.0914. The van der Waals surface area contributed by atoms with Crippen molar-refractivity contribution in [2.45, 2.75) is 17.9 Å². The van der Waals surface area contributed by atoms with E-state index in [9.17, 15) is 13.2 Å². The van der Waals surface area contributed by atoms with Gasteiger partial charge >= 0.3 is 0 Å². The van der Waals surface area contributed by atoms with Crippen LogP contribution in [0.2, 0.25) is 0 Å². The summed E-state index contributed by atoms with van der Waals surface area (Å²) in [5, 5.41) is 8.72. The first-order valence-electron chi connectivity index (χ1n) is 7.37. The summed E-state index contributed by atoms with van der Waals surface area (Å²) in [5.74, 6) is -0.152. The number of fused-ring (bicyclic) bond motifs is 1. The van der Waals surface area contributed by atoms with Gasteiger partial charge in [0.05, 0.1) is 15.4 Å². The third-order valence-electron chi connectivity index (χ3n) is 3.78. The SMILES string of the molecule is CC(NC(=O)c1cc2cccc(Br)c2o1)c1ccc(S(N)(=O)=O)cc1. The standard InChI is InChI=1S/C17H15BrN2O4S/c1-10(11-5-7-13(8-6-11)25(19,22)23)20-17(21)15-9-12-3-2-4-14(18)16(12)24-15/h2-10H,1H3,(H,20,21)(H2,19,22,23). The van der Waals surface area contributed by atoms with Crippen molar-refractivity contribution >= 4 is 42.8 Å². The van der Waals surface area contributed by atoms with Crippen LogP contribution in [0.25, 0.3) is 11.0 Å². The summed E-state index contributed by atoms with van der Waals surface area (Å²) >= 11 is 3.38. The Balaban J connectivity index is 1.78. The molecule has 1 heterocycles. The van der Waals surface area contributed by atoms with Gasteiger partial charge in [0.25, 0.3) is 5.91 Å². The molecule has 2 aromatic carbocycles. The molecule has 0 saturated heterocycles. The van der Waals surface area contributed by atoms with Crippen molar-refractivity contribution in [3.05, 3.63) is 64.3 Å². The molecule has 0 aliphatic carbocycles. The quantitative estimate of drug-likeness (QED) is 0.672. The van der Waals surface area contributed by atoms with Crippen molar-refractivity contribution in [2.75, 3.05) is 0 Å². The lowest BCUT2D eigenvalue weighted by Gasteiger charge is -2.13. The number of carbonyl (C=O) groups is 1. The summed E-state index contributed by atoms with van der Waals surface area (Å²) in [6, 6.07) is 12.9. The molecule has 1 atom stereocenters. The number of hydrogen-bond donors (Lipinski definition) is 2. The molecule has 0 spiro atoms. The predicted molar refractivity (Wildman–Crippen MR) is 97.6 cm³/mol. The summed E-state index contributed by atoms with van der Waals surface area (Å²) in [6.45, 7) is 1.79. The number of para-hydroxylation sites is 1. The minimum atomic E-state index is -3.74. The first kappa shape index (κ1) is 17.7. The summed E-state index contributed by atoms with van der Waals surface area (Å²) < 4.78 is 28.9. The normalized spacial score (nSPS) is 12.9. The highest BCUT2D eigenvalue weighted by Gasteiger charge is 2.17. The second-order valence-corrected chi connectivity index (χ2v) is 7.99. The molecule has 1 amide bonds. The van der Waals surface area contributed by atoms with Crippen molar-refractivity contribution in [1.82, 2.24) is 5.32 Å². The molecule has 25 heavy (non-hydrogen) atoms. The van der Waals surface area contributed by atoms with Gasteiger partial charge in [-0.05, 0) is 52.7 Å². The van der Waals surface area contributed by atoms with E-state index in [0.717, 1.165) is 15.4 Å². The minimum Gasteiger partial charge on any atom is -0.450 e. The maximum atomic E-state index is 12.4. The molecule has 1 unspecified atom stereocenters. The molecule has 6 nitrogen and oxygen atoms in total. The van der Waals surface area contributed by atoms with Crippen LogP contribution in [0.3, 0.4) is 0 Å². The molecule has 3 N–H and O–H groups in total. The topological polar surface area (TPSA) is 102 Å². The Morgan fingerprint density at radius 1 is 1.20 bits per heavy atom. The van der Waals surface area contributed by atoms with E-state index >= 15 is 0 Å². The number of sulfonamides is 1. The summed E-state index contributed by atoms with van der Waals surface area (Å²) in [4.78, 5) is 12.4. The van der Waals surface area contributed by atoms with Gasteiger partial charge in [-0.25, -0.2) is 13.6 Å². The molecule has 0 aliphatic heterocycles. The van der Waals surface area contributed by atoms with Crippen molar-refractivity contribution in [1.29, 1.82) is 0 Å². The number of furan rings is 1. The number of halogens is 1. The van der Waals surface area contributed by atoms with E-state index in [-0.39, 0.29) is 22.6 Å². The van der Waals surface area contributed by atoms with Crippen LogP contribution in [0.15, 0.2) is 62.3 Å². The Morgan fingerprint density at radius 2 is 1.88 bits per heavy atom. The molecule has 3 rings (SSSR count). The zero-order chi connectivity index (χ0) is 18.2. The number of nitrogens with one attached hydrogen (secondary N) is 1. The van der Waals surface area contributed by atoms with Crippen LogP contribution in [0.1, 0.15) is 29.1 Å². The molecule has 0 bridgehead atoms. The maximum absolute atomic E-state index is 12.4. The van der Waals surface area contributed by atoms with Gasteiger partial charge in [0.15, 0.2) is 5.76 Å². The molecule has 0 aliphatic rings. The average molecular weight is 423 g/mol. The maximum Gasteiger partial charge on any atom is 0.287 e. The monoisotopic (exact) mass is 422 g/mol. The van der Waals surface area contributed by atoms with E-state index in [1.807, 2.05) is 18.2 Å². The van der Waals surface area contributed by atoms with E-state index < -0.39 is 10.0 Å². The zero-order valence-electron chi connectivity index (χ0n) is 13.2. The largest absolute Gasteiger partial charge is 0.450 e. The second kappa shape index (κ2) is 6.62. The number of rotatable bonds is 4. The highest BCUT2D eigenvalue weighted by atomic mass is 79.9. The van der Waals surface area contributed by atoms with Crippen molar-refractivity contribution in [2.24, 2.45) is 5.14 Å². The van der Waals surface area contributed by atoms with Crippen LogP contribution in [-0.4, -0.2) is 14.3 Å². The summed E-state index contributed by atoms with van der Waals surface area (Å²) in [7, 11) is -3.74. The summed E-state index contributed by atoms with van der Waals surface area (Å²) in [5.41, 5.74) is 1.36. The Bertz CT molecular complexity index is 1040. The number of hydrogen-bond acceptors (Lipinski definition) is 4. The lowest BCUT2D eigenvalue weighted by Crippen LogP contribution is -2.26. The molecule has 3 aromatic rings. The minimum absolute atomic E-state index is 0.0249. The average Bonchev–Trinajstić information content (AvgIpc) is 3.00.